The standard InChI is InChI=1S/C10H12O3/c11-7-6-10(8-12)13-9-4-2-1-3-5-9/h1-6,11-12H,7-8H2. The lowest BCUT2D eigenvalue weighted by molar-refractivity contribution is 0.255. The Morgan fingerprint density at radius 2 is 1.92 bits per heavy atom. The average molecular weight is 180 g/mol. The second-order valence-electron chi connectivity index (χ2n) is 2.43. The van der Waals surface area contributed by atoms with E-state index >= 15 is 0 Å². The number of aliphatic hydroxyl groups is 2. The molecule has 1 aromatic rings. The van der Waals surface area contributed by atoms with Crippen LogP contribution >= 0.6 is 0 Å². The van der Waals surface area contributed by atoms with Gasteiger partial charge in [0.2, 0.25) is 0 Å². The van der Waals surface area contributed by atoms with Crippen molar-refractivity contribution < 1.29 is 14.9 Å². The van der Waals surface area contributed by atoms with E-state index in [2.05, 4.69) is 0 Å². The molecule has 0 bridgehead atoms. The summed E-state index contributed by atoms with van der Waals surface area (Å²) in [5.41, 5.74) is 0. The minimum atomic E-state index is -0.213. The highest BCUT2D eigenvalue weighted by Crippen LogP contribution is 2.11. The van der Waals surface area contributed by atoms with Gasteiger partial charge >= 0.3 is 0 Å². The molecule has 0 atom stereocenters. The molecule has 0 aliphatic carbocycles. The van der Waals surface area contributed by atoms with Gasteiger partial charge in [0.15, 0.2) is 0 Å². The largest absolute Gasteiger partial charge is 0.460 e. The molecule has 0 saturated carbocycles. The third kappa shape index (κ3) is 3.27. The van der Waals surface area contributed by atoms with Gasteiger partial charge in [0, 0.05) is 0 Å². The van der Waals surface area contributed by atoms with Crippen LogP contribution in [0.3, 0.4) is 0 Å². The molecule has 0 fully saturated rings. The van der Waals surface area contributed by atoms with E-state index in [-0.39, 0.29) is 13.2 Å². The van der Waals surface area contributed by atoms with Gasteiger partial charge in [-0.25, -0.2) is 0 Å². The molecule has 0 heterocycles. The van der Waals surface area contributed by atoms with Crippen LogP contribution in [0.25, 0.3) is 0 Å². The van der Waals surface area contributed by atoms with Gasteiger partial charge in [-0.2, -0.15) is 0 Å². The zero-order valence-corrected chi connectivity index (χ0v) is 7.18. The third-order valence-electron chi connectivity index (χ3n) is 1.47. The van der Waals surface area contributed by atoms with Crippen molar-refractivity contribution in [1.82, 2.24) is 0 Å². The summed E-state index contributed by atoms with van der Waals surface area (Å²) >= 11 is 0. The number of benzene rings is 1. The molecule has 0 amide bonds. The van der Waals surface area contributed by atoms with Crippen molar-refractivity contribution in [3.05, 3.63) is 42.2 Å². The maximum atomic E-state index is 8.81. The van der Waals surface area contributed by atoms with Crippen LogP contribution in [-0.4, -0.2) is 23.4 Å². The summed E-state index contributed by atoms with van der Waals surface area (Å²) in [6, 6.07) is 9.11. The van der Waals surface area contributed by atoms with Gasteiger partial charge in [0.1, 0.15) is 18.1 Å². The number of aliphatic hydroxyl groups excluding tert-OH is 2. The van der Waals surface area contributed by atoms with E-state index in [9.17, 15) is 0 Å². The first-order chi connectivity index (χ1) is 6.36. The van der Waals surface area contributed by atoms with Crippen LogP contribution < -0.4 is 4.74 Å². The lowest BCUT2D eigenvalue weighted by atomic mass is 10.3. The summed E-state index contributed by atoms with van der Waals surface area (Å²) < 4.78 is 5.26. The van der Waals surface area contributed by atoms with Crippen LogP contribution in [0.1, 0.15) is 0 Å². The summed E-state index contributed by atoms with van der Waals surface area (Å²) in [7, 11) is 0. The molecular weight excluding hydrogens is 168 g/mol. The molecule has 0 radical (unpaired) electrons. The smallest absolute Gasteiger partial charge is 0.128 e. The van der Waals surface area contributed by atoms with Gasteiger partial charge in [-0.3, -0.25) is 0 Å². The number of ether oxygens (including phenoxy) is 1. The zero-order valence-electron chi connectivity index (χ0n) is 7.18. The predicted molar refractivity (Wildman–Crippen MR) is 49.3 cm³/mol. The summed E-state index contributed by atoms with van der Waals surface area (Å²) in [5, 5.41) is 17.4. The summed E-state index contributed by atoms with van der Waals surface area (Å²) in [4.78, 5) is 0. The van der Waals surface area contributed by atoms with E-state index in [1.165, 1.54) is 6.08 Å². The first-order valence-electron chi connectivity index (χ1n) is 4.00. The molecule has 0 aromatic heterocycles. The number of hydrogen-bond acceptors (Lipinski definition) is 3. The van der Waals surface area contributed by atoms with Gasteiger partial charge < -0.3 is 14.9 Å². The molecule has 3 nitrogen and oxygen atoms in total. The van der Waals surface area contributed by atoms with Crippen molar-refractivity contribution in [3.8, 4) is 5.75 Å². The zero-order chi connectivity index (χ0) is 9.52. The van der Waals surface area contributed by atoms with Crippen molar-refractivity contribution in [2.75, 3.05) is 13.2 Å². The van der Waals surface area contributed by atoms with Crippen LogP contribution in [0.4, 0.5) is 0 Å². The maximum absolute atomic E-state index is 8.81. The van der Waals surface area contributed by atoms with Crippen molar-refractivity contribution in [1.29, 1.82) is 0 Å². The van der Waals surface area contributed by atoms with Gasteiger partial charge in [0.25, 0.3) is 0 Å². The Morgan fingerprint density at radius 1 is 1.23 bits per heavy atom. The van der Waals surface area contributed by atoms with Crippen LogP contribution in [0.2, 0.25) is 0 Å². The summed E-state index contributed by atoms with van der Waals surface area (Å²) in [5.74, 6) is 1.00. The Labute approximate surface area is 76.9 Å². The molecule has 70 valence electrons. The van der Waals surface area contributed by atoms with Crippen LogP contribution in [0.15, 0.2) is 42.2 Å². The average Bonchev–Trinajstić information content (AvgIpc) is 2.19. The van der Waals surface area contributed by atoms with Gasteiger partial charge in [0.05, 0.1) is 6.61 Å². The first kappa shape index (κ1) is 9.77. The van der Waals surface area contributed by atoms with Crippen LogP contribution in [0.5, 0.6) is 5.75 Å². The van der Waals surface area contributed by atoms with E-state index in [4.69, 9.17) is 14.9 Å². The minimum Gasteiger partial charge on any atom is -0.460 e. The van der Waals surface area contributed by atoms with Crippen molar-refractivity contribution in [2.24, 2.45) is 0 Å². The maximum Gasteiger partial charge on any atom is 0.128 e. The summed E-state index contributed by atoms with van der Waals surface area (Å²) in [6.45, 7) is -0.349. The molecule has 0 aliphatic rings. The van der Waals surface area contributed by atoms with E-state index in [1.807, 2.05) is 18.2 Å². The van der Waals surface area contributed by atoms with Gasteiger partial charge in [-0.15, -0.1) is 0 Å². The quantitative estimate of drug-likeness (QED) is 0.678. The molecular formula is C10H12O3. The summed E-state index contributed by atoms with van der Waals surface area (Å²) in [6.07, 6.45) is 1.42. The lowest BCUT2D eigenvalue weighted by Crippen LogP contribution is -2.01. The molecule has 0 aliphatic heterocycles. The van der Waals surface area contributed by atoms with Gasteiger partial charge in [-0.05, 0) is 18.2 Å². The number of para-hydroxylation sites is 1. The molecule has 3 heteroatoms. The van der Waals surface area contributed by atoms with Crippen LogP contribution in [0, 0.1) is 0 Å². The third-order valence-corrected chi connectivity index (χ3v) is 1.47. The Kier molecular flexibility index (Phi) is 4.02. The highest BCUT2D eigenvalue weighted by molar-refractivity contribution is 5.23. The molecule has 1 aromatic carbocycles. The first-order valence-corrected chi connectivity index (χ1v) is 4.00. The minimum absolute atomic E-state index is 0.136. The molecule has 2 N–H and O–H groups in total. The van der Waals surface area contributed by atoms with E-state index in [0.29, 0.717) is 11.5 Å². The fourth-order valence-electron chi connectivity index (χ4n) is 0.880. The lowest BCUT2D eigenvalue weighted by Gasteiger charge is -2.06. The molecule has 1 rings (SSSR count). The Morgan fingerprint density at radius 3 is 2.46 bits per heavy atom. The Balaban J connectivity index is 2.62. The second-order valence-corrected chi connectivity index (χ2v) is 2.43. The highest BCUT2D eigenvalue weighted by Gasteiger charge is 1.96. The molecule has 13 heavy (non-hydrogen) atoms. The van der Waals surface area contributed by atoms with E-state index in [1.54, 1.807) is 12.1 Å². The SMILES string of the molecule is OCC=C(CO)Oc1ccccc1. The monoisotopic (exact) mass is 180 g/mol. The van der Waals surface area contributed by atoms with E-state index < -0.39 is 0 Å². The Bertz CT molecular complexity index is 267. The topological polar surface area (TPSA) is 49.7 Å². The second kappa shape index (κ2) is 5.35. The fourth-order valence-corrected chi connectivity index (χ4v) is 0.880. The molecule has 0 spiro atoms. The molecule has 0 unspecified atom stereocenters. The fraction of sp³-hybridized carbons (Fsp3) is 0.200. The van der Waals surface area contributed by atoms with Crippen molar-refractivity contribution >= 4 is 0 Å². The number of hydrogen-bond donors (Lipinski definition) is 2. The predicted octanol–water partition coefficient (Wildman–Crippen LogP) is 0.934. The van der Waals surface area contributed by atoms with Crippen molar-refractivity contribution in [3.63, 3.8) is 0 Å². The molecule has 0 saturated heterocycles. The number of rotatable bonds is 4. The van der Waals surface area contributed by atoms with E-state index in [0.717, 1.165) is 0 Å². The Hall–Kier alpha value is -1.32. The van der Waals surface area contributed by atoms with Gasteiger partial charge in [-0.1, -0.05) is 18.2 Å². The van der Waals surface area contributed by atoms with Crippen LogP contribution in [-0.2, 0) is 0 Å². The normalized spacial score (nSPS) is 11.4. The van der Waals surface area contributed by atoms with Crippen molar-refractivity contribution in [2.45, 2.75) is 0 Å². The highest BCUT2D eigenvalue weighted by atomic mass is 16.5.